The second-order valence-corrected chi connectivity index (χ2v) is 8.87. The summed E-state index contributed by atoms with van der Waals surface area (Å²) in [5.41, 5.74) is 12.9. The first-order chi connectivity index (χ1) is 15.7. The minimum absolute atomic E-state index is 0. The molecular weight excluding hydrogens is 447 g/mol. The van der Waals surface area contributed by atoms with Gasteiger partial charge in [0.15, 0.2) is 11.0 Å². The Balaban J connectivity index is 0.00000408. The van der Waals surface area contributed by atoms with E-state index in [1.54, 1.807) is 31.0 Å². The number of hydrogen-bond donors (Lipinski definition) is 4. The molecule has 1 aromatic carbocycles. The van der Waals surface area contributed by atoms with Crippen LogP contribution in [0.5, 0.6) is 0 Å². The summed E-state index contributed by atoms with van der Waals surface area (Å²) in [5.74, 6) is 1.32. The number of hydrogen-bond acceptors (Lipinski definition) is 9. The number of rotatable bonds is 10. The third kappa shape index (κ3) is 9.00. The number of hydroxylamine groups is 2. The van der Waals surface area contributed by atoms with Gasteiger partial charge in [0.05, 0.1) is 0 Å². The normalized spacial score (nSPS) is 14.0. The molecule has 0 unspecified atom stereocenters. The number of benzene rings is 1. The minimum Gasteiger partial charge on any atom is -0.509 e. The Morgan fingerprint density at radius 1 is 1.29 bits per heavy atom. The maximum Gasteiger partial charge on any atom is 1.00 e. The number of allylic oxidation sites excluding steroid dienone is 1. The van der Waals surface area contributed by atoms with E-state index in [1.165, 1.54) is 11.8 Å². The number of amidine groups is 1. The SMILES string of the molecule is [CH2-]N(CCN(C)O)c1cc(/N=C(N)\C=C(\C)N)nc(Sc2ccc(NC(=O)C3CC3)cc2)n1.[Li+]. The fraction of sp³-hybridized carbons (Fsp3) is 0.318. The van der Waals surface area contributed by atoms with Gasteiger partial charge >= 0.3 is 18.9 Å². The number of likely N-dealkylation sites (N-methyl/N-ethyl adjacent to an activating group) is 1. The number of anilines is 2. The zero-order valence-corrected chi connectivity index (χ0v) is 20.5. The molecule has 176 valence electrons. The number of carbonyl (C=O) groups excluding carboxylic acids is 1. The van der Waals surface area contributed by atoms with E-state index < -0.39 is 0 Å². The van der Waals surface area contributed by atoms with Gasteiger partial charge in [0.2, 0.25) is 5.91 Å². The molecule has 0 radical (unpaired) electrons. The van der Waals surface area contributed by atoms with Crippen molar-refractivity contribution < 1.29 is 28.9 Å². The van der Waals surface area contributed by atoms with Gasteiger partial charge in [-0.2, -0.15) is 5.06 Å². The van der Waals surface area contributed by atoms with Crippen molar-refractivity contribution in [1.82, 2.24) is 15.0 Å². The maximum absolute atomic E-state index is 11.9. The predicted octanol–water partition coefficient (Wildman–Crippen LogP) is -0.250. The molecule has 3 rings (SSSR count). The van der Waals surface area contributed by atoms with Gasteiger partial charge < -0.3 is 26.9 Å². The fourth-order valence-electron chi connectivity index (χ4n) is 2.75. The van der Waals surface area contributed by atoms with E-state index in [0.717, 1.165) is 28.5 Å². The Labute approximate surface area is 216 Å². The van der Waals surface area contributed by atoms with Crippen LogP contribution in [0.4, 0.5) is 17.3 Å². The second kappa shape index (κ2) is 12.8. The molecule has 0 spiro atoms. The third-order valence-electron chi connectivity index (χ3n) is 4.59. The number of amides is 1. The molecule has 1 amide bonds. The van der Waals surface area contributed by atoms with Crippen LogP contribution in [0.2, 0.25) is 0 Å². The Kier molecular flexibility index (Phi) is 10.4. The van der Waals surface area contributed by atoms with Crippen LogP contribution in [-0.4, -0.2) is 52.1 Å². The van der Waals surface area contributed by atoms with Gasteiger partial charge in [-0.25, -0.2) is 15.0 Å². The van der Waals surface area contributed by atoms with Crippen molar-refractivity contribution in [2.24, 2.45) is 22.4 Å². The van der Waals surface area contributed by atoms with Crippen LogP contribution in [-0.2, 0) is 4.79 Å². The van der Waals surface area contributed by atoms with Crippen LogP contribution in [0, 0.1) is 13.0 Å². The summed E-state index contributed by atoms with van der Waals surface area (Å²) < 4.78 is 0. The van der Waals surface area contributed by atoms with E-state index in [-0.39, 0.29) is 36.5 Å². The Hall–Kier alpha value is -2.55. The molecule has 6 N–H and O–H groups in total. The molecule has 1 fully saturated rings. The Morgan fingerprint density at radius 3 is 2.56 bits per heavy atom. The van der Waals surface area contributed by atoms with Crippen molar-refractivity contribution in [3.05, 3.63) is 49.2 Å². The van der Waals surface area contributed by atoms with E-state index in [9.17, 15) is 10.0 Å². The molecular formula is C22H29LiN8O2S. The predicted molar refractivity (Wildman–Crippen MR) is 130 cm³/mol. The number of aliphatic imine (C=N–C) groups is 1. The van der Waals surface area contributed by atoms with Crippen LogP contribution >= 0.6 is 11.8 Å². The van der Waals surface area contributed by atoms with E-state index in [1.807, 2.05) is 24.3 Å². The van der Waals surface area contributed by atoms with Crippen LogP contribution in [0.15, 0.2) is 57.1 Å². The number of nitrogens with one attached hydrogen (secondary N) is 1. The zero-order chi connectivity index (χ0) is 24.0. The molecule has 0 bridgehead atoms. The summed E-state index contributed by atoms with van der Waals surface area (Å²) in [5, 5.41) is 13.9. The van der Waals surface area contributed by atoms with E-state index >= 15 is 0 Å². The minimum atomic E-state index is 0. The molecule has 34 heavy (non-hydrogen) atoms. The summed E-state index contributed by atoms with van der Waals surface area (Å²) in [7, 11) is 5.56. The van der Waals surface area contributed by atoms with Crippen molar-refractivity contribution in [1.29, 1.82) is 0 Å². The molecule has 1 aromatic heterocycles. The maximum atomic E-state index is 11.9. The third-order valence-corrected chi connectivity index (χ3v) is 5.47. The number of nitrogens with two attached hydrogens (primary N) is 2. The van der Waals surface area contributed by atoms with Crippen molar-refractivity contribution >= 4 is 40.8 Å². The summed E-state index contributed by atoms with van der Waals surface area (Å²) >= 11 is 1.35. The standard InChI is InChI=1S/C22H29N8O2S.Li/c1-14(23)12-18(24)26-19-13-20(29(2)10-11-30(3)32)28-22(27-19)33-17-8-6-16(7-9-17)25-21(31)15-4-5-15;/h6-9,12-13,15,32H,2,4-5,10-11,23H2,1,3H3,(H,25,31)(H2,24,26,27,28);/q-1;+1/b14-12-;. The van der Waals surface area contributed by atoms with Crippen LogP contribution in [0.1, 0.15) is 19.8 Å². The van der Waals surface area contributed by atoms with E-state index in [4.69, 9.17) is 11.5 Å². The molecule has 0 atom stereocenters. The van der Waals surface area contributed by atoms with E-state index in [0.29, 0.717) is 35.6 Å². The van der Waals surface area contributed by atoms with Crippen LogP contribution < -0.4 is 40.5 Å². The van der Waals surface area contributed by atoms with Gasteiger partial charge in [0, 0.05) is 48.4 Å². The van der Waals surface area contributed by atoms with Gasteiger partial charge in [0.25, 0.3) is 0 Å². The molecule has 1 aliphatic carbocycles. The average Bonchev–Trinajstić information content (AvgIpc) is 3.58. The molecule has 1 saturated carbocycles. The Morgan fingerprint density at radius 2 is 1.97 bits per heavy atom. The van der Waals surface area contributed by atoms with Crippen molar-refractivity contribution in [2.75, 3.05) is 30.4 Å². The topological polar surface area (TPSA) is 146 Å². The molecule has 2 aromatic rings. The van der Waals surface area contributed by atoms with Gasteiger partial charge in [-0.3, -0.25) is 11.8 Å². The van der Waals surface area contributed by atoms with Gasteiger partial charge in [-0.15, -0.1) is 0 Å². The number of carbonyl (C=O) groups is 1. The van der Waals surface area contributed by atoms with Crippen molar-refractivity contribution in [2.45, 2.75) is 29.8 Å². The first-order valence-corrected chi connectivity index (χ1v) is 11.2. The quantitative estimate of drug-likeness (QED) is 0.0910. The number of aromatic nitrogens is 2. The summed E-state index contributed by atoms with van der Waals surface area (Å²) in [4.78, 5) is 27.9. The van der Waals surface area contributed by atoms with Crippen LogP contribution in [0.3, 0.4) is 0 Å². The first kappa shape index (κ1) is 27.7. The summed E-state index contributed by atoms with van der Waals surface area (Å²) in [6.45, 7) is 2.53. The average molecular weight is 477 g/mol. The summed E-state index contributed by atoms with van der Waals surface area (Å²) in [6, 6.07) is 9.15. The Bertz CT molecular complexity index is 1040. The number of nitrogens with zero attached hydrogens (tertiary/aromatic N) is 5. The largest absolute Gasteiger partial charge is 1.00 e. The van der Waals surface area contributed by atoms with Crippen LogP contribution in [0.25, 0.3) is 0 Å². The van der Waals surface area contributed by atoms with Gasteiger partial charge in [-0.05, 0) is 61.9 Å². The molecule has 0 saturated heterocycles. The molecule has 1 heterocycles. The smallest absolute Gasteiger partial charge is 0.509 e. The fourth-order valence-corrected chi connectivity index (χ4v) is 3.51. The van der Waals surface area contributed by atoms with Crippen molar-refractivity contribution in [3.8, 4) is 0 Å². The van der Waals surface area contributed by atoms with Gasteiger partial charge in [-0.1, -0.05) is 0 Å². The van der Waals surface area contributed by atoms with E-state index in [2.05, 4.69) is 27.3 Å². The zero-order valence-electron chi connectivity index (χ0n) is 19.7. The molecule has 1 aliphatic rings. The molecule has 12 heteroatoms. The second-order valence-electron chi connectivity index (χ2n) is 7.83. The first-order valence-electron chi connectivity index (χ1n) is 10.4. The monoisotopic (exact) mass is 476 g/mol. The molecule has 10 nitrogen and oxygen atoms in total. The van der Waals surface area contributed by atoms with Gasteiger partial charge in [0.1, 0.15) is 11.7 Å². The van der Waals surface area contributed by atoms with Crippen molar-refractivity contribution in [3.63, 3.8) is 0 Å². The summed E-state index contributed by atoms with van der Waals surface area (Å²) in [6.07, 6.45) is 3.47. The molecule has 0 aliphatic heterocycles.